The van der Waals surface area contributed by atoms with Gasteiger partial charge in [-0.1, -0.05) is 17.7 Å². The monoisotopic (exact) mass is 240 g/mol. The number of carbonyl (C=O) groups excluding carboxylic acids is 1. The minimum absolute atomic E-state index is 0.0398. The van der Waals surface area contributed by atoms with Gasteiger partial charge in [-0.2, -0.15) is 0 Å². The molecule has 0 bridgehead atoms. The molecule has 4 nitrogen and oxygen atoms in total. The number of halogens is 1. The van der Waals surface area contributed by atoms with Crippen LogP contribution in [0.5, 0.6) is 0 Å². The first-order valence-corrected chi connectivity index (χ1v) is 5.25. The molecule has 0 aliphatic carbocycles. The molecule has 1 aromatic carbocycles. The summed E-state index contributed by atoms with van der Waals surface area (Å²) in [5, 5.41) is 10.5. The van der Waals surface area contributed by atoms with Crippen molar-refractivity contribution in [3.05, 3.63) is 29.3 Å². The molecule has 0 aliphatic heterocycles. The van der Waals surface area contributed by atoms with E-state index in [-0.39, 0.29) is 18.2 Å². The summed E-state index contributed by atoms with van der Waals surface area (Å²) in [6.07, 6.45) is -0.0691. The fourth-order valence-electron chi connectivity index (χ4n) is 1.14. The second-order valence-corrected chi connectivity index (χ2v) is 3.53. The summed E-state index contributed by atoms with van der Waals surface area (Å²) < 4.78 is 4.87. The fourth-order valence-corrected chi connectivity index (χ4v) is 1.33. The third-order valence-electron chi connectivity index (χ3n) is 1.75. The summed E-state index contributed by atoms with van der Waals surface area (Å²) in [5.41, 5.74) is 0.613. The zero-order valence-electron chi connectivity index (χ0n) is 8.92. The van der Waals surface area contributed by atoms with Gasteiger partial charge in [-0.15, -0.1) is 0 Å². The number of carbonyl (C=O) groups is 1. The van der Waals surface area contributed by atoms with Gasteiger partial charge in [0.2, 0.25) is 5.91 Å². The Kier molecular flexibility index (Phi) is 4.79. The summed E-state index contributed by atoms with van der Waals surface area (Å²) in [4.78, 5) is 11.4. The Morgan fingerprint density at radius 1 is 1.56 bits per heavy atom. The third-order valence-corrected chi connectivity index (χ3v) is 1.98. The molecule has 0 unspecified atom stereocenters. The highest BCUT2D eigenvalue weighted by Crippen LogP contribution is 2.14. The topological polar surface area (TPSA) is 62.2 Å². The van der Waals surface area contributed by atoms with Crippen molar-refractivity contribution in [2.24, 2.45) is 0 Å². The van der Waals surface area contributed by atoms with E-state index in [4.69, 9.17) is 21.7 Å². The van der Waals surface area contributed by atoms with E-state index in [1.54, 1.807) is 31.2 Å². The maximum atomic E-state index is 11.4. The number of ether oxygens (including phenoxy) is 1. The van der Waals surface area contributed by atoms with Crippen LogP contribution in [0.15, 0.2) is 24.3 Å². The van der Waals surface area contributed by atoms with Crippen molar-refractivity contribution in [2.75, 3.05) is 11.9 Å². The number of amides is 1. The molecule has 1 rings (SSSR count). The van der Waals surface area contributed by atoms with Crippen molar-refractivity contribution in [2.45, 2.75) is 13.3 Å². The molecule has 0 aliphatic rings. The molecule has 16 heavy (non-hydrogen) atoms. The van der Waals surface area contributed by atoms with Crippen molar-refractivity contribution in [3.63, 3.8) is 0 Å². The van der Waals surface area contributed by atoms with Crippen LogP contribution < -0.4 is 5.32 Å². The largest absolute Gasteiger partial charge is 0.481 e. The number of hydrogen-bond donors (Lipinski definition) is 2. The highest BCUT2D eigenvalue weighted by molar-refractivity contribution is 6.30. The fraction of sp³-hybridized carbons (Fsp3) is 0.273. The Bertz CT molecular complexity index is 393. The van der Waals surface area contributed by atoms with E-state index >= 15 is 0 Å². The first kappa shape index (κ1) is 12.5. The third kappa shape index (κ3) is 4.31. The SMILES string of the molecule is CCOC(=N)CC(=O)Nc1cccc(Cl)c1. The molecule has 0 aromatic heterocycles. The summed E-state index contributed by atoms with van der Waals surface area (Å²) in [6.45, 7) is 2.16. The first-order chi connectivity index (χ1) is 7.61. The van der Waals surface area contributed by atoms with E-state index in [1.807, 2.05) is 0 Å². The molecule has 5 heteroatoms. The molecule has 0 fully saturated rings. The van der Waals surface area contributed by atoms with E-state index in [1.165, 1.54) is 0 Å². The van der Waals surface area contributed by atoms with Gasteiger partial charge in [0.25, 0.3) is 0 Å². The van der Waals surface area contributed by atoms with Gasteiger partial charge in [-0.05, 0) is 25.1 Å². The lowest BCUT2D eigenvalue weighted by Crippen LogP contribution is -2.17. The lowest BCUT2D eigenvalue weighted by atomic mass is 10.3. The van der Waals surface area contributed by atoms with Gasteiger partial charge >= 0.3 is 0 Å². The van der Waals surface area contributed by atoms with Gasteiger partial charge in [0.15, 0.2) is 5.90 Å². The van der Waals surface area contributed by atoms with E-state index in [2.05, 4.69) is 5.32 Å². The Labute approximate surface area is 99.1 Å². The van der Waals surface area contributed by atoms with Crippen LogP contribution in [-0.2, 0) is 9.53 Å². The van der Waals surface area contributed by atoms with Crippen molar-refractivity contribution >= 4 is 29.1 Å². The molecule has 0 radical (unpaired) electrons. The predicted molar refractivity (Wildman–Crippen MR) is 64.1 cm³/mol. The van der Waals surface area contributed by atoms with Gasteiger partial charge < -0.3 is 10.1 Å². The molecule has 0 atom stereocenters. The predicted octanol–water partition coefficient (Wildman–Crippen LogP) is 2.68. The Morgan fingerprint density at radius 3 is 2.94 bits per heavy atom. The van der Waals surface area contributed by atoms with Crippen LogP contribution in [0.2, 0.25) is 5.02 Å². The molecule has 0 saturated heterocycles. The molecule has 0 saturated carbocycles. The highest BCUT2D eigenvalue weighted by atomic mass is 35.5. The smallest absolute Gasteiger partial charge is 0.233 e. The van der Waals surface area contributed by atoms with Gasteiger partial charge in [0, 0.05) is 10.7 Å². The van der Waals surface area contributed by atoms with Crippen LogP contribution in [-0.4, -0.2) is 18.4 Å². The Balaban J connectivity index is 2.48. The summed E-state index contributed by atoms with van der Waals surface area (Å²) in [6, 6.07) is 6.84. The number of rotatable bonds is 4. The number of benzene rings is 1. The van der Waals surface area contributed by atoms with Gasteiger partial charge in [-0.25, -0.2) is 0 Å². The van der Waals surface area contributed by atoms with Crippen LogP contribution in [0.4, 0.5) is 5.69 Å². The maximum Gasteiger partial charge on any atom is 0.233 e. The molecule has 0 heterocycles. The van der Waals surface area contributed by atoms with Crippen LogP contribution >= 0.6 is 11.6 Å². The zero-order chi connectivity index (χ0) is 12.0. The van der Waals surface area contributed by atoms with Crippen LogP contribution in [0, 0.1) is 5.41 Å². The molecular weight excluding hydrogens is 228 g/mol. The molecule has 1 aromatic rings. The first-order valence-electron chi connectivity index (χ1n) is 4.87. The lowest BCUT2D eigenvalue weighted by molar-refractivity contribution is -0.115. The second kappa shape index (κ2) is 6.12. The normalized spacial score (nSPS) is 9.62. The summed E-state index contributed by atoms with van der Waals surface area (Å²) in [7, 11) is 0. The van der Waals surface area contributed by atoms with Crippen molar-refractivity contribution < 1.29 is 9.53 Å². The standard InChI is InChI=1S/C11H13ClN2O2/c1-2-16-10(13)7-11(15)14-9-5-3-4-8(12)6-9/h3-6,13H,2,7H2,1H3,(H,14,15). The van der Waals surface area contributed by atoms with Gasteiger partial charge in [0.1, 0.15) is 6.42 Å². The Hall–Kier alpha value is -1.55. The average Bonchev–Trinajstić information content (AvgIpc) is 2.17. The van der Waals surface area contributed by atoms with E-state index < -0.39 is 0 Å². The summed E-state index contributed by atoms with van der Waals surface area (Å²) >= 11 is 5.77. The number of nitrogens with one attached hydrogen (secondary N) is 2. The molecule has 0 spiro atoms. The minimum atomic E-state index is -0.291. The lowest BCUT2D eigenvalue weighted by Gasteiger charge is -2.06. The summed E-state index contributed by atoms with van der Waals surface area (Å²) in [5.74, 6) is -0.331. The van der Waals surface area contributed by atoms with Crippen molar-refractivity contribution in [1.29, 1.82) is 5.41 Å². The quantitative estimate of drug-likeness (QED) is 0.628. The van der Waals surface area contributed by atoms with Crippen molar-refractivity contribution in [1.82, 2.24) is 0 Å². The van der Waals surface area contributed by atoms with Crippen LogP contribution in [0.3, 0.4) is 0 Å². The molecule has 86 valence electrons. The van der Waals surface area contributed by atoms with E-state index in [9.17, 15) is 4.79 Å². The second-order valence-electron chi connectivity index (χ2n) is 3.09. The molecule has 1 amide bonds. The highest BCUT2D eigenvalue weighted by Gasteiger charge is 2.07. The van der Waals surface area contributed by atoms with Gasteiger partial charge in [0.05, 0.1) is 6.61 Å². The number of hydrogen-bond acceptors (Lipinski definition) is 3. The maximum absolute atomic E-state index is 11.4. The zero-order valence-corrected chi connectivity index (χ0v) is 9.67. The van der Waals surface area contributed by atoms with Gasteiger partial charge in [-0.3, -0.25) is 10.2 Å². The average molecular weight is 241 g/mol. The Morgan fingerprint density at radius 2 is 2.31 bits per heavy atom. The van der Waals surface area contributed by atoms with E-state index in [0.29, 0.717) is 17.3 Å². The van der Waals surface area contributed by atoms with E-state index in [0.717, 1.165) is 0 Å². The molecular formula is C11H13ClN2O2. The minimum Gasteiger partial charge on any atom is -0.481 e. The number of anilines is 1. The van der Waals surface area contributed by atoms with Crippen LogP contribution in [0.1, 0.15) is 13.3 Å². The molecule has 2 N–H and O–H groups in total. The van der Waals surface area contributed by atoms with Crippen LogP contribution in [0.25, 0.3) is 0 Å². The van der Waals surface area contributed by atoms with Crippen molar-refractivity contribution in [3.8, 4) is 0 Å².